The Labute approximate surface area is 107 Å². The Morgan fingerprint density at radius 1 is 1.06 bits per heavy atom. The Morgan fingerprint density at radius 2 is 1.71 bits per heavy atom. The van der Waals surface area contributed by atoms with Crippen molar-refractivity contribution >= 4 is 0 Å². The van der Waals surface area contributed by atoms with E-state index in [9.17, 15) is 0 Å². The Hall–Kier alpha value is -0.820. The molecular formula is C16H27N. The molecule has 0 fully saturated rings. The molecule has 0 aromatic heterocycles. The Morgan fingerprint density at radius 3 is 2.29 bits per heavy atom. The fourth-order valence-electron chi connectivity index (χ4n) is 2.21. The summed E-state index contributed by atoms with van der Waals surface area (Å²) in [5.74, 6) is 0.818. The Balaban J connectivity index is 2.44. The second-order valence-corrected chi connectivity index (χ2v) is 5.15. The lowest BCUT2D eigenvalue weighted by molar-refractivity contribution is 0.411. The van der Waals surface area contributed by atoms with Crippen LogP contribution in [-0.2, 0) is 13.0 Å². The summed E-state index contributed by atoms with van der Waals surface area (Å²) in [6.45, 7) is 10.1. The molecule has 0 aliphatic rings. The number of aryl methyl sites for hydroxylation is 1. The number of benzene rings is 1. The molecular weight excluding hydrogens is 206 g/mol. The fraction of sp³-hybridized carbons (Fsp3) is 0.625. The predicted molar refractivity (Wildman–Crippen MR) is 76.2 cm³/mol. The molecule has 0 heterocycles. The molecule has 1 N–H and O–H groups in total. The maximum atomic E-state index is 3.64. The molecule has 0 aliphatic carbocycles. The molecule has 0 saturated carbocycles. The van der Waals surface area contributed by atoms with Gasteiger partial charge in [-0.2, -0.15) is 0 Å². The van der Waals surface area contributed by atoms with Gasteiger partial charge in [-0.25, -0.2) is 0 Å². The molecule has 0 bridgehead atoms. The Bertz CT molecular complexity index is 319. The first-order chi connectivity index (χ1) is 8.17. The number of hydrogen-bond donors (Lipinski definition) is 1. The Kier molecular flexibility index (Phi) is 6.28. The van der Waals surface area contributed by atoms with E-state index in [1.54, 1.807) is 0 Å². The minimum Gasteiger partial charge on any atom is -0.310 e. The quantitative estimate of drug-likeness (QED) is 0.745. The molecule has 2 unspecified atom stereocenters. The van der Waals surface area contributed by atoms with Gasteiger partial charge in [0.05, 0.1) is 0 Å². The van der Waals surface area contributed by atoms with E-state index in [1.807, 2.05) is 0 Å². The van der Waals surface area contributed by atoms with Gasteiger partial charge in [0.1, 0.15) is 0 Å². The predicted octanol–water partition coefficient (Wildman–Crippen LogP) is 4.16. The standard InChI is InChI=1S/C16H27N/c1-5-13(3)11-14(4)17-12-16-10-8-7-9-15(16)6-2/h7-10,13-14,17H,5-6,11-12H2,1-4H3. The third-order valence-electron chi connectivity index (χ3n) is 3.59. The third-order valence-corrected chi connectivity index (χ3v) is 3.59. The topological polar surface area (TPSA) is 12.0 Å². The highest BCUT2D eigenvalue weighted by Crippen LogP contribution is 2.12. The van der Waals surface area contributed by atoms with E-state index in [-0.39, 0.29) is 0 Å². The molecule has 0 amide bonds. The average molecular weight is 233 g/mol. The van der Waals surface area contributed by atoms with Crippen LogP contribution in [0.1, 0.15) is 51.7 Å². The summed E-state index contributed by atoms with van der Waals surface area (Å²) in [6, 6.07) is 9.34. The summed E-state index contributed by atoms with van der Waals surface area (Å²) in [5.41, 5.74) is 2.92. The van der Waals surface area contributed by atoms with Crippen molar-refractivity contribution in [3.05, 3.63) is 35.4 Å². The van der Waals surface area contributed by atoms with Gasteiger partial charge in [-0.15, -0.1) is 0 Å². The van der Waals surface area contributed by atoms with Gasteiger partial charge in [-0.1, -0.05) is 51.5 Å². The smallest absolute Gasteiger partial charge is 0.0210 e. The molecule has 96 valence electrons. The van der Waals surface area contributed by atoms with Crippen molar-refractivity contribution in [3.8, 4) is 0 Å². The lowest BCUT2D eigenvalue weighted by atomic mass is 9.99. The maximum Gasteiger partial charge on any atom is 0.0210 e. The highest BCUT2D eigenvalue weighted by atomic mass is 14.9. The third kappa shape index (κ3) is 4.91. The van der Waals surface area contributed by atoms with Crippen LogP contribution in [0.4, 0.5) is 0 Å². The summed E-state index contributed by atoms with van der Waals surface area (Å²) < 4.78 is 0. The van der Waals surface area contributed by atoms with Crippen LogP contribution in [0.15, 0.2) is 24.3 Å². The molecule has 1 heteroatoms. The van der Waals surface area contributed by atoms with Crippen molar-refractivity contribution in [1.82, 2.24) is 5.32 Å². The van der Waals surface area contributed by atoms with Crippen LogP contribution < -0.4 is 5.32 Å². The summed E-state index contributed by atoms with van der Waals surface area (Å²) in [7, 11) is 0. The van der Waals surface area contributed by atoms with Gasteiger partial charge in [-0.3, -0.25) is 0 Å². The highest BCUT2D eigenvalue weighted by Gasteiger charge is 2.07. The van der Waals surface area contributed by atoms with E-state index >= 15 is 0 Å². The summed E-state index contributed by atoms with van der Waals surface area (Å²) >= 11 is 0. The summed E-state index contributed by atoms with van der Waals surface area (Å²) in [5, 5.41) is 3.64. The summed E-state index contributed by atoms with van der Waals surface area (Å²) in [4.78, 5) is 0. The lowest BCUT2D eigenvalue weighted by Crippen LogP contribution is -2.27. The molecule has 17 heavy (non-hydrogen) atoms. The van der Waals surface area contributed by atoms with Gasteiger partial charge in [0.15, 0.2) is 0 Å². The molecule has 1 aromatic carbocycles. The van der Waals surface area contributed by atoms with Gasteiger partial charge in [0.2, 0.25) is 0 Å². The van der Waals surface area contributed by atoms with E-state index in [1.165, 1.54) is 24.0 Å². The van der Waals surface area contributed by atoms with Crippen molar-refractivity contribution in [3.63, 3.8) is 0 Å². The number of rotatable bonds is 7. The molecule has 1 nitrogen and oxygen atoms in total. The SMILES string of the molecule is CCc1ccccc1CNC(C)CC(C)CC. The maximum absolute atomic E-state index is 3.64. The van der Waals surface area contributed by atoms with Crippen molar-refractivity contribution < 1.29 is 0 Å². The minimum absolute atomic E-state index is 0.606. The van der Waals surface area contributed by atoms with E-state index < -0.39 is 0 Å². The van der Waals surface area contributed by atoms with E-state index in [2.05, 4.69) is 57.3 Å². The molecule has 0 radical (unpaired) electrons. The van der Waals surface area contributed by atoms with Crippen LogP contribution in [0.5, 0.6) is 0 Å². The van der Waals surface area contributed by atoms with Crippen LogP contribution in [0.3, 0.4) is 0 Å². The number of nitrogens with one attached hydrogen (secondary N) is 1. The van der Waals surface area contributed by atoms with E-state index in [0.29, 0.717) is 6.04 Å². The fourth-order valence-corrected chi connectivity index (χ4v) is 2.21. The van der Waals surface area contributed by atoms with E-state index in [0.717, 1.165) is 18.9 Å². The molecule has 1 aromatic rings. The molecule has 1 rings (SSSR count). The van der Waals surface area contributed by atoms with Gasteiger partial charge in [-0.05, 0) is 36.8 Å². The van der Waals surface area contributed by atoms with Gasteiger partial charge < -0.3 is 5.32 Å². The van der Waals surface area contributed by atoms with Crippen molar-refractivity contribution in [1.29, 1.82) is 0 Å². The lowest BCUT2D eigenvalue weighted by Gasteiger charge is -2.18. The zero-order chi connectivity index (χ0) is 12.7. The number of hydrogen-bond acceptors (Lipinski definition) is 1. The van der Waals surface area contributed by atoms with Gasteiger partial charge in [0.25, 0.3) is 0 Å². The van der Waals surface area contributed by atoms with Crippen LogP contribution in [-0.4, -0.2) is 6.04 Å². The first-order valence-corrected chi connectivity index (χ1v) is 6.97. The van der Waals surface area contributed by atoms with Gasteiger partial charge >= 0.3 is 0 Å². The first-order valence-electron chi connectivity index (χ1n) is 6.97. The monoisotopic (exact) mass is 233 g/mol. The van der Waals surface area contributed by atoms with Crippen LogP contribution in [0, 0.1) is 5.92 Å². The minimum atomic E-state index is 0.606. The highest BCUT2D eigenvalue weighted by molar-refractivity contribution is 5.26. The zero-order valence-electron chi connectivity index (χ0n) is 11.8. The van der Waals surface area contributed by atoms with Gasteiger partial charge in [0, 0.05) is 12.6 Å². The zero-order valence-corrected chi connectivity index (χ0v) is 11.8. The first kappa shape index (κ1) is 14.2. The van der Waals surface area contributed by atoms with Crippen molar-refractivity contribution in [2.45, 2.75) is 59.5 Å². The van der Waals surface area contributed by atoms with Crippen molar-refractivity contribution in [2.75, 3.05) is 0 Å². The van der Waals surface area contributed by atoms with Crippen molar-refractivity contribution in [2.24, 2.45) is 5.92 Å². The molecule has 0 aliphatic heterocycles. The summed E-state index contributed by atoms with van der Waals surface area (Å²) in [6.07, 6.45) is 3.67. The molecule has 0 spiro atoms. The second kappa shape index (κ2) is 7.50. The normalized spacial score (nSPS) is 14.6. The van der Waals surface area contributed by atoms with Crippen LogP contribution in [0.2, 0.25) is 0 Å². The van der Waals surface area contributed by atoms with E-state index in [4.69, 9.17) is 0 Å². The largest absolute Gasteiger partial charge is 0.310 e. The molecule has 2 atom stereocenters. The van der Waals surface area contributed by atoms with Crippen LogP contribution in [0.25, 0.3) is 0 Å². The second-order valence-electron chi connectivity index (χ2n) is 5.15. The van der Waals surface area contributed by atoms with Crippen LogP contribution >= 0.6 is 0 Å². The molecule has 0 saturated heterocycles. The average Bonchev–Trinajstić information content (AvgIpc) is 2.36.